The van der Waals surface area contributed by atoms with E-state index in [4.69, 9.17) is 19.4 Å². The normalized spacial score (nSPS) is 12.8. The molecular weight excluding hydrogens is 683 g/mol. The van der Waals surface area contributed by atoms with E-state index in [9.17, 15) is 0 Å². The van der Waals surface area contributed by atoms with Gasteiger partial charge in [0.05, 0.1) is 5.41 Å². The highest BCUT2D eigenvalue weighted by Gasteiger charge is 2.48. The van der Waals surface area contributed by atoms with Crippen molar-refractivity contribution in [2.24, 2.45) is 0 Å². The lowest BCUT2D eigenvalue weighted by molar-refractivity contribution is 0.650. The van der Waals surface area contributed by atoms with Gasteiger partial charge in [-0.1, -0.05) is 170 Å². The first-order valence-corrected chi connectivity index (χ1v) is 18.9. The number of hydrogen-bond acceptors (Lipinski definition) is 4. The lowest BCUT2D eigenvalue weighted by Crippen LogP contribution is -2.28. The van der Waals surface area contributed by atoms with Gasteiger partial charge in [-0.2, -0.15) is 0 Å². The molecule has 0 unspecified atom stereocenters. The third-order valence-electron chi connectivity index (χ3n) is 11.2. The minimum absolute atomic E-state index is 0.577. The SMILES string of the molecule is c1ccc(-c2cccc(-c3nc(-c4ccccc4)nc(-c4ccc5oc6c7c(ccc6c5c4)-c4ccccc4C7(c4ccccc4)c4ccccc4)n3)c2)cc1. The van der Waals surface area contributed by atoms with E-state index >= 15 is 0 Å². The first-order chi connectivity index (χ1) is 27.8. The molecule has 262 valence electrons. The quantitative estimate of drug-likeness (QED) is 0.172. The number of rotatable bonds is 6. The van der Waals surface area contributed by atoms with Gasteiger partial charge >= 0.3 is 0 Å². The summed E-state index contributed by atoms with van der Waals surface area (Å²) in [5, 5.41) is 2.07. The largest absolute Gasteiger partial charge is 0.456 e. The molecule has 1 aliphatic carbocycles. The van der Waals surface area contributed by atoms with Crippen LogP contribution in [0.5, 0.6) is 0 Å². The van der Waals surface area contributed by atoms with Gasteiger partial charge in [0.1, 0.15) is 11.2 Å². The second kappa shape index (κ2) is 12.9. The molecule has 56 heavy (non-hydrogen) atoms. The topological polar surface area (TPSA) is 51.8 Å². The standard InChI is InChI=1S/C52H33N3O/c1-5-16-34(17-6-1)36-20-15-21-37(32-36)50-53-49(35-18-7-2-8-19-35)54-51(55-50)38-28-31-46-44(33-38)43-30-29-42-41-26-13-14-27-45(41)52(47(42)48(43)56-46,39-22-9-3-10-23-39)40-24-11-4-12-25-40/h1-33H. The monoisotopic (exact) mass is 715 g/mol. The number of hydrogen-bond donors (Lipinski definition) is 0. The fourth-order valence-corrected chi connectivity index (χ4v) is 8.72. The van der Waals surface area contributed by atoms with Gasteiger partial charge in [0.25, 0.3) is 0 Å². The van der Waals surface area contributed by atoms with Crippen LogP contribution in [0.3, 0.4) is 0 Å². The van der Waals surface area contributed by atoms with Crippen LogP contribution in [0.15, 0.2) is 205 Å². The van der Waals surface area contributed by atoms with Crippen molar-refractivity contribution in [2.45, 2.75) is 5.41 Å². The zero-order valence-electron chi connectivity index (χ0n) is 30.3. The number of aromatic nitrogens is 3. The fourth-order valence-electron chi connectivity index (χ4n) is 8.72. The average molecular weight is 716 g/mol. The maximum Gasteiger partial charge on any atom is 0.164 e. The second-order valence-corrected chi connectivity index (χ2v) is 14.3. The minimum atomic E-state index is -0.577. The number of nitrogens with zero attached hydrogens (tertiary/aromatic N) is 3. The Hall–Kier alpha value is -7.43. The van der Waals surface area contributed by atoms with Gasteiger partial charge in [0, 0.05) is 33.0 Å². The van der Waals surface area contributed by atoms with Crippen LogP contribution >= 0.6 is 0 Å². The van der Waals surface area contributed by atoms with Crippen LogP contribution in [0.2, 0.25) is 0 Å². The van der Waals surface area contributed by atoms with Gasteiger partial charge in [0.15, 0.2) is 17.5 Å². The molecule has 11 rings (SSSR count). The van der Waals surface area contributed by atoms with E-state index in [0.717, 1.165) is 49.8 Å². The maximum absolute atomic E-state index is 7.00. The molecule has 4 nitrogen and oxygen atoms in total. The van der Waals surface area contributed by atoms with Crippen LogP contribution in [0.4, 0.5) is 0 Å². The van der Waals surface area contributed by atoms with E-state index in [-0.39, 0.29) is 0 Å². The molecule has 0 saturated heterocycles. The molecule has 0 atom stereocenters. The van der Waals surface area contributed by atoms with E-state index < -0.39 is 5.41 Å². The summed E-state index contributed by atoms with van der Waals surface area (Å²) in [5.74, 6) is 1.85. The van der Waals surface area contributed by atoms with Crippen LogP contribution in [-0.2, 0) is 5.41 Å². The van der Waals surface area contributed by atoms with Crippen molar-refractivity contribution >= 4 is 21.9 Å². The van der Waals surface area contributed by atoms with Crippen LogP contribution in [0.25, 0.3) is 78.4 Å². The zero-order chi connectivity index (χ0) is 37.1. The van der Waals surface area contributed by atoms with E-state index in [2.05, 4.69) is 164 Å². The van der Waals surface area contributed by atoms with Gasteiger partial charge in [0.2, 0.25) is 0 Å². The molecule has 0 amide bonds. The van der Waals surface area contributed by atoms with Gasteiger partial charge < -0.3 is 4.42 Å². The smallest absolute Gasteiger partial charge is 0.164 e. The Morgan fingerprint density at radius 3 is 1.57 bits per heavy atom. The molecule has 8 aromatic carbocycles. The van der Waals surface area contributed by atoms with Gasteiger partial charge in [-0.3, -0.25) is 0 Å². The molecule has 0 spiro atoms. The number of fused-ring (bicyclic) bond motifs is 7. The fraction of sp³-hybridized carbons (Fsp3) is 0.0192. The lowest BCUT2D eigenvalue weighted by Gasteiger charge is -2.33. The summed E-state index contributed by atoms with van der Waals surface area (Å²) in [7, 11) is 0. The summed E-state index contributed by atoms with van der Waals surface area (Å²) in [6.45, 7) is 0. The van der Waals surface area contributed by atoms with Crippen molar-refractivity contribution in [3.05, 3.63) is 222 Å². The van der Waals surface area contributed by atoms with Gasteiger partial charge in [-0.15, -0.1) is 0 Å². The van der Waals surface area contributed by atoms with Crippen molar-refractivity contribution in [2.75, 3.05) is 0 Å². The molecule has 2 aromatic heterocycles. The van der Waals surface area contributed by atoms with E-state index in [1.165, 1.54) is 33.4 Å². The summed E-state index contributed by atoms with van der Waals surface area (Å²) in [6, 6.07) is 70.2. The summed E-state index contributed by atoms with van der Waals surface area (Å²) in [6.07, 6.45) is 0. The molecule has 1 aliphatic rings. The zero-order valence-corrected chi connectivity index (χ0v) is 30.3. The molecule has 4 heteroatoms. The molecule has 0 radical (unpaired) electrons. The third kappa shape index (κ3) is 4.96. The predicted octanol–water partition coefficient (Wildman–Crippen LogP) is 12.8. The van der Waals surface area contributed by atoms with Crippen molar-refractivity contribution in [3.63, 3.8) is 0 Å². The lowest BCUT2D eigenvalue weighted by atomic mass is 9.67. The van der Waals surface area contributed by atoms with Crippen molar-refractivity contribution < 1.29 is 4.42 Å². The highest BCUT2D eigenvalue weighted by Crippen LogP contribution is 2.58. The van der Waals surface area contributed by atoms with Crippen LogP contribution in [0, 0.1) is 0 Å². The van der Waals surface area contributed by atoms with Crippen LogP contribution in [0.1, 0.15) is 22.3 Å². The molecular formula is C52H33N3O. The first kappa shape index (κ1) is 32.0. The van der Waals surface area contributed by atoms with E-state index in [1.54, 1.807) is 0 Å². The van der Waals surface area contributed by atoms with Gasteiger partial charge in [-0.05, 0) is 69.3 Å². The van der Waals surface area contributed by atoms with E-state index in [0.29, 0.717) is 17.5 Å². The minimum Gasteiger partial charge on any atom is -0.456 e. The van der Waals surface area contributed by atoms with Crippen LogP contribution in [-0.4, -0.2) is 15.0 Å². The predicted molar refractivity (Wildman–Crippen MR) is 226 cm³/mol. The van der Waals surface area contributed by atoms with Crippen LogP contribution < -0.4 is 0 Å². The highest BCUT2D eigenvalue weighted by atomic mass is 16.3. The number of furan rings is 1. The Bertz CT molecular complexity index is 3030. The molecule has 0 fully saturated rings. The molecule has 0 N–H and O–H groups in total. The Balaban J connectivity index is 1.13. The van der Waals surface area contributed by atoms with Crippen molar-refractivity contribution in [1.82, 2.24) is 15.0 Å². The van der Waals surface area contributed by atoms with E-state index in [1.807, 2.05) is 36.4 Å². The summed E-state index contributed by atoms with van der Waals surface area (Å²) < 4.78 is 7.00. The highest BCUT2D eigenvalue weighted by molar-refractivity contribution is 6.11. The summed E-state index contributed by atoms with van der Waals surface area (Å²) in [5.41, 5.74) is 13.4. The molecule has 0 bridgehead atoms. The average Bonchev–Trinajstić information content (AvgIpc) is 3.81. The summed E-state index contributed by atoms with van der Waals surface area (Å²) >= 11 is 0. The number of benzene rings is 8. The Kier molecular flexibility index (Phi) is 7.36. The Morgan fingerprint density at radius 2 is 0.893 bits per heavy atom. The maximum atomic E-state index is 7.00. The van der Waals surface area contributed by atoms with Gasteiger partial charge in [-0.25, -0.2) is 15.0 Å². The molecule has 0 saturated carbocycles. The van der Waals surface area contributed by atoms with Crippen molar-refractivity contribution in [3.8, 4) is 56.4 Å². The third-order valence-corrected chi connectivity index (χ3v) is 11.2. The molecule has 2 heterocycles. The molecule has 10 aromatic rings. The first-order valence-electron chi connectivity index (χ1n) is 18.9. The van der Waals surface area contributed by atoms with Crippen molar-refractivity contribution in [1.29, 1.82) is 0 Å². The second-order valence-electron chi connectivity index (χ2n) is 14.3. The molecule has 0 aliphatic heterocycles. The Morgan fingerprint density at radius 1 is 0.357 bits per heavy atom. The Labute approximate surface area is 324 Å². The summed E-state index contributed by atoms with van der Waals surface area (Å²) in [4.78, 5) is 15.3.